The van der Waals surface area contributed by atoms with Gasteiger partial charge in [0.1, 0.15) is 6.61 Å². The summed E-state index contributed by atoms with van der Waals surface area (Å²) >= 11 is 5.78. The Balaban J connectivity index is 1.79. The molecule has 0 bridgehead atoms. The fraction of sp³-hybridized carbons (Fsp3) is 0.0625. The van der Waals surface area contributed by atoms with Crippen molar-refractivity contribution in [1.82, 2.24) is 15.0 Å². The molecular weight excluding hydrogens is 364 g/mol. The van der Waals surface area contributed by atoms with E-state index in [9.17, 15) is 8.42 Å². The third-order valence-electron chi connectivity index (χ3n) is 3.14. The largest absolute Gasteiger partial charge is 0.470 e. The van der Waals surface area contributed by atoms with Gasteiger partial charge in [0, 0.05) is 29.8 Å². The van der Waals surface area contributed by atoms with E-state index < -0.39 is 10.0 Å². The van der Waals surface area contributed by atoms with Crippen LogP contribution in [0, 0.1) is 0 Å². The molecule has 9 heteroatoms. The number of sulfonamides is 1. The summed E-state index contributed by atoms with van der Waals surface area (Å²) in [5.74, 6) is 0.0864. The fourth-order valence-electron chi connectivity index (χ4n) is 1.93. The molecule has 0 saturated heterocycles. The van der Waals surface area contributed by atoms with E-state index >= 15 is 0 Å². The first-order valence-electron chi connectivity index (χ1n) is 7.16. The summed E-state index contributed by atoms with van der Waals surface area (Å²) in [6.45, 7) is 0.205. The predicted octanol–water partition coefficient (Wildman–Crippen LogP) is 2.90. The molecule has 2 heterocycles. The Bertz CT molecular complexity index is 951. The third-order valence-corrected chi connectivity index (χ3v) is 4.75. The molecule has 2 aromatic heterocycles. The highest BCUT2D eigenvalue weighted by atomic mass is 35.5. The van der Waals surface area contributed by atoms with Gasteiger partial charge in [-0.3, -0.25) is 9.71 Å². The molecule has 0 amide bonds. The number of ether oxygens (including phenoxy) is 1. The molecule has 25 heavy (non-hydrogen) atoms. The fourth-order valence-corrected chi connectivity index (χ4v) is 3.06. The van der Waals surface area contributed by atoms with Gasteiger partial charge in [0.15, 0.2) is 0 Å². The molecule has 1 N–H and O–H groups in total. The minimum absolute atomic E-state index is 0.00602. The van der Waals surface area contributed by atoms with Crippen LogP contribution in [-0.2, 0) is 16.6 Å². The number of anilines is 1. The van der Waals surface area contributed by atoms with E-state index in [1.165, 1.54) is 36.7 Å². The molecule has 0 fully saturated rings. The maximum Gasteiger partial charge on any atom is 0.263 e. The van der Waals surface area contributed by atoms with Crippen molar-refractivity contribution in [3.8, 4) is 5.88 Å². The monoisotopic (exact) mass is 376 g/mol. The first-order chi connectivity index (χ1) is 12.0. The summed E-state index contributed by atoms with van der Waals surface area (Å²) in [7, 11) is -3.84. The molecule has 0 aliphatic rings. The SMILES string of the molecule is O=S(=O)(Nc1nccnc1OCc1ccncc1)c1ccc(Cl)cc1. The zero-order valence-corrected chi connectivity index (χ0v) is 14.4. The summed E-state index contributed by atoms with van der Waals surface area (Å²) < 4.78 is 32.9. The minimum atomic E-state index is -3.84. The molecule has 0 aliphatic carbocycles. The van der Waals surface area contributed by atoms with Crippen LogP contribution < -0.4 is 9.46 Å². The van der Waals surface area contributed by atoms with Crippen molar-refractivity contribution in [3.05, 3.63) is 71.8 Å². The number of benzene rings is 1. The van der Waals surface area contributed by atoms with Gasteiger partial charge in [0.25, 0.3) is 15.9 Å². The van der Waals surface area contributed by atoms with Gasteiger partial charge >= 0.3 is 0 Å². The van der Waals surface area contributed by atoms with E-state index in [0.29, 0.717) is 5.02 Å². The maximum absolute atomic E-state index is 12.5. The molecule has 3 aromatic rings. The second kappa shape index (κ2) is 7.45. The van der Waals surface area contributed by atoms with Crippen LogP contribution in [0.15, 0.2) is 66.1 Å². The first-order valence-corrected chi connectivity index (χ1v) is 9.02. The van der Waals surface area contributed by atoms with E-state index in [0.717, 1.165) is 5.56 Å². The zero-order valence-electron chi connectivity index (χ0n) is 12.8. The number of hydrogen-bond donors (Lipinski definition) is 1. The topological polar surface area (TPSA) is 94.1 Å². The van der Waals surface area contributed by atoms with Gasteiger partial charge in [-0.25, -0.2) is 18.4 Å². The lowest BCUT2D eigenvalue weighted by atomic mass is 10.3. The quantitative estimate of drug-likeness (QED) is 0.710. The van der Waals surface area contributed by atoms with Crippen LogP contribution in [0.25, 0.3) is 0 Å². The lowest BCUT2D eigenvalue weighted by Crippen LogP contribution is -2.15. The third kappa shape index (κ3) is 4.43. The molecule has 0 unspecified atom stereocenters. The summed E-state index contributed by atoms with van der Waals surface area (Å²) in [5.41, 5.74) is 0.868. The van der Waals surface area contributed by atoms with E-state index in [4.69, 9.17) is 16.3 Å². The highest BCUT2D eigenvalue weighted by Gasteiger charge is 2.18. The molecule has 128 valence electrons. The highest BCUT2D eigenvalue weighted by molar-refractivity contribution is 7.92. The molecule has 3 rings (SSSR count). The zero-order chi connectivity index (χ0) is 17.7. The van der Waals surface area contributed by atoms with Gasteiger partial charge in [-0.2, -0.15) is 0 Å². The maximum atomic E-state index is 12.5. The highest BCUT2D eigenvalue weighted by Crippen LogP contribution is 2.23. The van der Waals surface area contributed by atoms with E-state index in [-0.39, 0.29) is 23.2 Å². The van der Waals surface area contributed by atoms with Crippen LogP contribution in [0.1, 0.15) is 5.56 Å². The molecule has 7 nitrogen and oxygen atoms in total. The second-order valence-electron chi connectivity index (χ2n) is 4.91. The molecule has 0 atom stereocenters. The minimum Gasteiger partial charge on any atom is -0.470 e. The molecule has 0 spiro atoms. The number of nitrogens with zero attached hydrogens (tertiary/aromatic N) is 3. The van der Waals surface area contributed by atoms with Crippen LogP contribution in [-0.4, -0.2) is 23.4 Å². The van der Waals surface area contributed by atoms with Crippen LogP contribution in [0.3, 0.4) is 0 Å². The Morgan fingerprint density at radius 2 is 1.64 bits per heavy atom. The predicted molar refractivity (Wildman–Crippen MR) is 92.9 cm³/mol. The number of nitrogens with one attached hydrogen (secondary N) is 1. The van der Waals surface area contributed by atoms with Crippen LogP contribution in [0.2, 0.25) is 5.02 Å². The van der Waals surface area contributed by atoms with Crippen LogP contribution in [0.5, 0.6) is 5.88 Å². The van der Waals surface area contributed by atoms with Gasteiger partial charge in [-0.05, 0) is 42.0 Å². The van der Waals surface area contributed by atoms with Crippen molar-refractivity contribution in [2.24, 2.45) is 0 Å². The molecule has 0 saturated carbocycles. The van der Waals surface area contributed by atoms with Gasteiger partial charge in [-0.1, -0.05) is 11.6 Å². The Hall–Kier alpha value is -2.71. The second-order valence-corrected chi connectivity index (χ2v) is 7.03. The smallest absolute Gasteiger partial charge is 0.263 e. The Morgan fingerprint density at radius 1 is 0.960 bits per heavy atom. The average Bonchev–Trinajstić information content (AvgIpc) is 2.62. The van der Waals surface area contributed by atoms with Crippen molar-refractivity contribution in [1.29, 1.82) is 0 Å². The van der Waals surface area contributed by atoms with Crippen LogP contribution >= 0.6 is 11.6 Å². The summed E-state index contributed by atoms with van der Waals surface area (Å²) in [5, 5.41) is 0.444. The van der Waals surface area contributed by atoms with Crippen molar-refractivity contribution in [3.63, 3.8) is 0 Å². The van der Waals surface area contributed by atoms with E-state index in [1.807, 2.05) is 0 Å². The molecule has 1 aromatic carbocycles. The Kier molecular flexibility index (Phi) is 5.11. The van der Waals surface area contributed by atoms with Crippen LogP contribution in [0.4, 0.5) is 5.82 Å². The summed E-state index contributed by atoms with van der Waals surface area (Å²) in [6.07, 6.45) is 6.07. The lowest BCUT2D eigenvalue weighted by Gasteiger charge is -2.11. The molecule has 0 aliphatic heterocycles. The molecule has 0 radical (unpaired) electrons. The van der Waals surface area contributed by atoms with Crippen molar-refractivity contribution >= 4 is 27.4 Å². The summed E-state index contributed by atoms with van der Waals surface area (Å²) in [6, 6.07) is 9.36. The van der Waals surface area contributed by atoms with Gasteiger partial charge in [0.05, 0.1) is 4.90 Å². The number of pyridine rings is 1. The van der Waals surface area contributed by atoms with Gasteiger partial charge in [-0.15, -0.1) is 0 Å². The molecular formula is C16H13ClN4O3S. The number of aromatic nitrogens is 3. The lowest BCUT2D eigenvalue weighted by molar-refractivity contribution is 0.294. The van der Waals surface area contributed by atoms with E-state index in [1.54, 1.807) is 24.5 Å². The van der Waals surface area contributed by atoms with Gasteiger partial charge < -0.3 is 4.74 Å². The van der Waals surface area contributed by atoms with E-state index in [2.05, 4.69) is 19.7 Å². The Morgan fingerprint density at radius 3 is 2.36 bits per heavy atom. The number of rotatable bonds is 6. The normalized spacial score (nSPS) is 11.1. The summed E-state index contributed by atoms with van der Waals surface area (Å²) in [4.78, 5) is 12.0. The van der Waals surface area contributed by atoms with Crippen molar-refractivity contribution in [2.75, 3.05) is 4.72 Å². The Labute approximate surface area is 149 Å². The van der Waals surface area contributed by atoms with Crippen molar-refractivity contribution < 1.29 is 13.2 Å². The average molecular weight is 377 g/mol. The first kappa shape index (κ1) is 17.1. The standard InChI is InChI=1S/C16H13ClN4O3S/c17-13-1-3-14(4-2-13)25(22,23)21-15-16(20-10-9-19-15)24-11-12-5-7-18-8-6-12/h1-10H,11H2,(H,19,21). The number of halogens is 1. The number of hydrogen-bond acceptors (Lipinski definition) is 6. The van der Waals surface area contributed by atoms with Gasteiger partial charge in [0.2, 0.25) is 5.82 Å². The van der Waals surface area contributed by atoms with Crippen molar-refractivity contribution in [2.45, 2.75) is 11.5 Å².